The standard InChI is InChI=1S/C14H18N6S/c21-14(18-11-5-2-1-3-6-11)19-12-9-13(16-10-15-12)20-8-4-7-17-20/h4,7-11H,1-3,5-6H2,(H2,15,16,18,19,21). The van der Waals surface area contributed by atoms with E-state index in [1.165, 1.54) is 38.4 Å². The van der Waals surface area contributed by atoms with Crippen LogP contribution in [0.15, 0.2) is 30.9 Å². The number of nitrogens with one attached hydrogen (secondary N) is 2. The van der Waals surface area contributed by atoms with E-state index in [1.54, 1.807) is 10.9 Å². The number of hydrogen-bond donors (Lipinski definition) is 2. The van der Waals surface area contributed by atoms with Gasteiger partial charge in [0.05, 0.1) is 0 Å². The first-order valence-electron chi connectivity index (χ1n) is 7.21. The Bertz CT molecular complexity index is 591. The first-order chi connectivity index (χ1) is 10.3. The van der Waals surface area contributed by atoms with Crippen molar-refractivity contribution in [1.29, 1.82) is 0 Å². The smallest absolute Gasteiger partial charge is 0.172 e. The van der Waals surface area contributed by atoms with Crippen molar-refractivity contribution in [3.8, 4) is 5.82 Å². The second-order valence-corrected chi connectivity index (χ2v) is 5.55. The summed E-state index contributed by atoms with van der Waals surface area (Å²) >= 11 is 5.36. The molecule has 6 nitrogen and oxygen atoms in total. The van der Waals surface area contributed by atoms with E-state index in [1.807, 2.05) is 18.3 Å². The molecule has 1 aliphatic carbocycles. The van der Waals surface area contributed by atoms with E-state index in [4.69, 9.17) is 12.2 Å². The molecule has 2 heterocycles. The Labute approximate surface area is 129 Å². The minimum atomic E-state index is 0.478. The molecular formula is C14H18N6S. The molecule has 0 aliphatic heterocycles. The van der Waals surface area contributed by atoms with Gasteiger partial charge in [0.15, 0.2) is 10.9 Å². The normalized spacial score (nSPS) is 15.6. The summed E-state index contributed by atoms with van der Waals surface area (Å²) in [6.07, 6.45) is 11.3. The quantitative estimate of drug-likeness (QED) is 0.848. The molecule has 21 heavy (non-hydrogen) atoms. The highest BCUT2D eigenvalue weighted by molar-refractivity contribution is 7.80. The van der Waals surface area contributed by atoms with Crippen molar-refractivity contribution in [2.45, 2.75) is 38.1 Å². The van der Waals surface area contributed by atoms with Crippen molar-refractivity contribution in [3.63, 3.8) is 0 Å². The summed E-state index contributed by atoms with van der Waals surface area (Å²) in [5, 5.41) is 11.2. The van der Waals surface area contributed by atoms with E-state index in [9.17, 15) is 0 Å². The third-order valence-corrected chi connectivity index (χ3v) is 3.79. The number of aromatic nitrogens is 4. The molecule has 0 spiro atoms. The molecule has 1 fully saturated rings. The molecule has 2 aromatic rings. The van der Waals surface area contributed by atoms with Gasteiger partial charge in [-0.25, -0.2) is 14.6 Å². The highest BCUT2D eigenvalue weighted by atomic mass is 32.1. The molecule has 0 amide bonds. The fourth-order valence-electron chi connectivity index (χ4n) is 2.53. The van der Waals surface area contributed by atoms with Crippen molar-refractivity contribution in [3.05, 3.63) is 30.9 Å². The number of anilines is 1. The van der Waals surface area contributed by atoms with Gasteiger partial charge in [-0.2, -0.15) is 5.10 Å². The van der Waals surface area contributed by atoms with Crippen LogP contribution in [0.3, 0.4) is 0 Å². The Kier molecular flexibility index (Phi) is 4.40. The van der Waals surface area contributed by atoms with E-state index >= 15 is 0 Å². The Hall–Kier alpha value is -2.02. The maximum Gasteiger partial charge on any atom is 0.172 e. The molecular weight excluding hydrogens is 284 g/mol. The maximum absolute atomic E-state index is 5.36. The number of thiocarbonyl (C=S) groups is 1. The fourth-order valence-corrected chi connectivity index (χ4v) is 2.80. The van der Waals surface area contributed by atoms with Gasteiger partial charge in [-0.15, -0.1) is 0 Å². The first-order valence-corrected chi connectivity index (χ1v) is 7.62. The molecule has 0 saturated heterocycles. The van der Waals surface area contributed by atoms with E-state index in [2.05, 4.69) is 25.7 Å². The number of rotatable bonds is 3. The van der Waals surface area contributed by atoms with Gasteiger partial charge in [0.25, 0.3) is 0 Å². The second-order valence-electron chi connectivity index (χ2n) is 5.15. The predicted molar refractivity (Wildman–Crippen MR) is 85.4 cm³/mol. The molecule has 0 bridgehead atoms. The van der Waals surface area contributed by atoms with Crippen LogP contribution in [0.25, 0.3) is 5.82 Å². The minimum absolute atomic E-state index is 0.478. The molecule has 1 saturated carbocycles. The van der Waals surface area contributed by atoms with Gasteiger partial charge < -0.3 is 10.6 Å². The number of nitrogens with zero attached hydrogens (tertiary/aromatic N) is 4. The van der Waals surface area contributed by atoms with Gasteiger partial charge in [-0.1, -0.05) is 19.3 Å². The average molecular weight is 302 g/mol. The summed E-state index contributed by atoms with van der Waals surface area (Å²) in [5.74, 6) is 1.38. The lowest BCUT2D eigenvalue weighted by atomic mass is 9.96. The minimum Gasteiger partial charge on any atom is -0.360 e. The summed E-state index contributed by atoms with van der Waals surface area (Å²) in [6.45, 7) is 0. The van der Waals surface area contributed by atoms with Crippen LogP contribution < -0.4 is 10.6 Å². The molecule has 110 valence electrons. The van der Waals surface area contributed by atoms with Crippen LogP contribution in [0, 0.1) is 0 Å². The summed E-state index contributed by atoms with van der Waals surface area (Å²) in [7, 11) is 0. The monoisotopic (exact) mass is 302 g/mol. The zero-order chi connectivity index (χ0) is 14.5. The van der Waals surface area contributed by atoms with Gasteiger partial charge >= 0.3 is 0 Å². The van der Waals surface area contributed by atoms with Gasteiger partial charge in [-0.05, 0) is 31.1 Å². The van der Waals surface area contributed by atoms with Gasteiger partial charge in [0.2, 0.25) is 0 Å². The van der Waals surface area contributed by atoms with E-state index in [-0.39, 0.29) is 0 Å². The zero-order valence-electron chi connectivity index (χ0n) is 11.7. The lowest BCUT2D eigenvalue weighted by Gasteiger charge is -2.24. The number of hydrogen-bond acceptors (Lipinski definition) is 4. The van der Waals surface area contributed by atoms with E-state index < -0.39 is 0 Å². The van der Waals surface area contributed by atoms with Crippen LogP contribution in [-0.2, 0) is 0 Å². The molecule has 7 heteroatoms. The van der Waals surface area contributed by atoms with Crippen molar-refractivity contribution in [2.24, 2.45) is 0 Å². The first kappa shape index (κ1) is 13.9. The van der Waals surface area contributed by atoms with E-state index in [0.717, 1.165) is 0 Å². The second kappa shape index (κ2) is 6.62. The van der Waals surface area contributed by atoms with Crippen molar-refractivity contribution >= 4 is 23.1 Å². The van der Waals surface area contributed by atoms with Crippen LogP contribution in [0.1, 0.15) is 32.1 Å². The van der Waals surface area contributed by atoms with Crippen LogP contribution in [0.4, 0.5) is 5.82 Å². The van der Waals surface area contributed by atoms with Crippen LogP contribution in [0.5, 0.6) is 0 Å². The average Bonchev–Trinajstić information content (AvgIpc) is 3.02. The van der Waals surface area contributed by atoms with Crippen molar-refractivity contribution in [2.75, 3.05) is 5.32 Å². The fraction of sp³-hybridized carbons (Fsp3) is 0.429. The van der Waals surface area contributed by atoms with Gasteiger partial charge in [0.1, 0.15) is 12.1 Å². The topological polar surface area (TPSA) is 67.7 Å². The van der Waals surface area contributed by atoms with E-state index in [0.29, 0.717) is 22.8 Å². The molecule has 1 aliphatic rings. The summed E-state index contributed by atoms with van der Waals surface area (Å²) in [5.41, 5.74) is 0. The highest BCUT2D eigenvalue weighted by Gasteiger charge is 2.14. The molecule has 0 aromatic carbocycles. The van der Waals surface area contributed by atoms with Crippen molar-refractivity contribution in [1.82, 2.24) is 25.1 Å². The largest absolute Gasteiger partial charge is 0.360 e. The molecule has 2 N–H and O–H groups in total. The third-order valence-electron chi connectivity index (χ3n) is 3.57. The van der Waals surface area contributed by atoms with Crippen LogP contribution in [-0.4, -0.2) is 30.9 Å². The molecule has 0 radical (unpaired) electrons. The zero-order valence-corrected chi connectivity index (χ0v) is 12.5. The van der Waals surface area contributed by atoms with Crippen molar-refractivity contribution < 1.29 is 0 Å². The Balaban J connectivity index is 1.62. The SMILES string of the molecule is S=C(Nc1cc(-n2cccn2)ncn1)NC1CCCCC1. The lowest BCUT2D eigenvalue weighted by molar-refractivity contribution is 0.415. The highest BCUT2D eigenvalue weighted by Crippen LogP contribution is 2.17. The Morgan fingerprint density at radius 1 is 1.24 bits per heavy atom. The Morgan fingerprint density at radius 3 is 2.86 bits per heavy atom. The Morgan fingerprint density at radius 2 is 2.10 bits per heavy atom. The van der Waals surface area contributed by atoms with Gasteiger partial charge in [-0.3, -0.25) is 0 Å². The predicted octanol–water partition coefficient (Wildman–Crippen LogP) is 2.28. The molecule has 0 unspecified atom stereocenters. The summed E-state index contributed by atoms with van der Waals surface area (Å²) in [4.78, 5) is 8.38. The maximum atomic E-state index is 5.36. The third kappa shape index (κ3) is 3.75. The summed E-state index contributed by atoms with van der Waals surface area (Å²) in [6, 6.07) is 4.15. The summed E-state index contributed by atoms with van der Waals surface area (Å²) < 4.78 is 1.68. The lowest BCUT2D eigenvalue weighted by Crippen LogP contribution is -2.39. The molecule has 3 rings (SSSR count). The molecule has 0 atom stereocenters. The van der Waals surface area contributed by atoms with Crippen LogP contribution >= 0.6 is 12.2 Å². The van der Waals surface area contributed by atoms with Gasteiger partial charge in [0, 0.05) is 24.5 Å². The molecule has 2 aromatic heterocycles. The van der Waals surface area contributed by atoms with Crippen LogP contribution in [0.2, 0.25) is 0 Å².